The fourth-order valence-corrected chi connectivity index (χ4v) is 0.0417. The summed E-state index contributed by atoms with van der Waals surface area (Å²) in [5.41, 5.74) is 3.48. The van der Waals surface area contributed by atoms with Gasteiger partial charge in [0.15, 0.2) is 0 Å². The molecule has 92 valence electrons. The number of urea groups is 1. The molecule has 0 aromatic carbocycles. The Bertz CT molecular complexity index is 159. The van der Waals surface area contributed by atoms with Gasteiger partial charge in [-0.1, -0.05) is 0 Å². The minimum atomic E-state index is -1.75. The zero-order chi connectivity index (χ0) is 12.1. The average Bonchev–Trinajstić information content (AvgIpc) is 2.01. The Morgan fingerprint density at radius 3 is 1.06 bits per heavy atom. The Morgan fingerprint density at radius 2 is 1.06 bits per heavy atom. The van der Waals surface area contributed by atoms with E-state index in [1.54, 1.807) is 10.9 Å². The van der Waals surface area contributed by atoms with Gasteiger partial charge < -0.3 is 36.1 Å². The van der Waals surface area contributed by atoms with Gasteiger partial charge in [0.2, 0.25) is 0 Å². The van der Waals surface area contributed by atoms with E-state index in [2.05, 4.69) is 11.7 Å². The number of rotatable bonds is 0. The molecule has 0 aromatic heterocycles. The van der Waals surface area contributed by atoms with Crippen LogP contribution in [0.2, 0.25) is 0 Å². The Labute approximate surface area is 124 Å². The molecular formula is CH8N6O8Sr. The van der Waals surface area contributed by atoms with Crippen molar-refractivity contribution in [3.63, 3.8) is 0 Å². The molecule has 0 bridgehead atoms. The van der Waals surface area contributed by atoms with Crippen LogP contribution in [0, 0.1) is 30.6 Å². The molecule has 2 amide bonds. The van der Waals surface area contributed by atoms with E-state index in [1.165, 1.54) is 0 Å². The maximum atomic E-state index is 9.71. The second-order valence-corrected chi connectivity index (χ2v) is 1.07. The molecule has 0 aliphatic heterocycles. The predicted octanol–water partition coefficient (Wildman–Crippen LogP) is -3.65. The van der Waals surface area contributed by atoms with E-state index < -0.39 is 16.2 Å². The van der Waals surface area contributed by atoms with Gasteiger partial charge in [-0.15, -0.1) is 0 Å². The molecule has 0 aliphatic rings. The zero-order valence-corrected chi connectivity index (χ0v) is 11.1. The molecule has 0 heterocycles. The summed E-state index contributed by atoms with van der Waals surface area (Å²) in [4.78, 5) is 26.2. The van der Waals surface area contributed by atoms with Gasteiger partial charge in [-0.2, -0.15) is 0 Å². The Balaban J connectivity index is -0.0000000367. The molecule has 0 saturated carbocycles. The third-order valence-corrected chi connectivity index (χ3v) is 0.262. The van der Waals surface area contributed by atoms with Gasteiger partial charge in [-0.25, -0.2) is 16.5 Å². The second-order valence-electron chi connectivity index (χ2n) is 1.07. The summed E-state index contributed by atoms with van der Waals surface area (Å²) in [6.45, 7) is 0. The summed E-state index contributed by atoms with van der Waals surface area (Å²) in [7, 11) is 0. The quantitative estimate of drug-likeness (QED) is 0.112. The van der Waals surface area contributed by atoms with Crippen LogP contribution in [0.5, 0.6) is 0 Å². The van der Waals surface area contributed by atoms with Crippen molar-refractivity contribution in [3.8, 4) is 0 Å². The number of nitrogens with one attached hydrogen (secondary N) is 2. The SMILES string of the molecule is NNC(=O)NN.O.O=[N+]([O-])[O-].O=[N+]([O-])[O-].[Sr+2]. The van der Waals surface area contributed by atoms with Crippen LogP contribution in [0.1, 0.15) is 0 Å². The fourth-order valence-electron chi connectivity index (χ4n) is 0.0417. The Kier molecular flexibility index (Phi) is 43.5. The largest absolute Gasteiger partial charge is 2.00 e. The summed E-state index contributed by atoms with van der Waals surface area (Å²) in [5, 5.41) is 29.5. The first-order valence-electron chi connectivity index (χ1n) is 2.38. The van der Waals surface area contributed by atoms with Crippen LogP contribution in [0.15, 0.2) is 0 Å². The molecule has 8 N–H and O–H groups in total. The Morgan fingerprint density at radius 1 is 0.938 bits per heavy atom. The van der Waals surface area contributed by atoms with Crippen molar-refractivity contribution < 1.29 is 20.4 Å². The van der Waals surface area contributed by atoms with Gasteiger partial charge in [0, 0.05) is 0 Å². The first kappa shape index (κ1) is 29.4. The maximum Gasteiger partial charge on any atom is 2.00 e. The minimum absolute atomic E-state index is 0. The van der Waals surface area contributed by atoms with Crippen molar-refractivity contribution in [1.29, 1.82) is 0 Å². The topological polar surface area (TPSA) is 257 Å². The molecule has 0 fully saturated rings. The normalized spacial score (nSPS) is 5.62. The molecule has 16 heavy (non-hydrogen) atoms. The minimum Gasteiger partial charge on any atom is -0.412 e. The van der Waals surface area contributed by atoms with Gasteiger partial charge in [0.1, 0.15) is 0 Å². The van der Waals surface area contributed by atoms with Crippen molar-refractivity contribution in [2.45, 2.75) is 0 Å². The molecule has 15 heteroatoms. The van der Waals surface area contributed by atoms with Crippen LogP contribution < -0.4 is 22.5 Å². The van der Waals surface area contributed by atoms with Crippen molar-refractivity contribution in [2.24, 2.45) is 11.7 Å². The van der Waals surface area contributed by atoms with Crippen LogP contribution in [0.3, 0.4) is 0 Å². The zero-order valence-electron chi connectivity index (χ0n) is 7.61. The van der Waals surface area contributed by atoms with Crippen molar-refractivity contribution in [3.05, 3.63) is 30.6 Å². The summed E-state index contributed by atoms with van der Waals surface area (Å²) >= 11 is 0. The number of hydrogen-bond acceptors (Lipinski definition) is 9. The van der Waals surface area contributed by atoms with Gasteiger partial charge in [-0.05, 0) is 0 Å². The van der Waals surface area contributed by atoms with Crippen LogP contribution in [-0.2, 0) is 0 Å². The molecular weight excluding hydrogens is 312 g/mol. The molecule has 0 spiro atoms. The number of carbonyl (C=O) groups is 1. The monoisotopic (exact) mass is 320 g/mol. The van der Waals surface area contributed by atoms with E-state index in [9.17, 15) is 4.79 Å². The first-order chi connectivity index (χ1) is 6.27. The van der Waals surface area contributed by atoms with Crippen LogP contribution in [0.25, 0.3) is 0 Å². The van der Waals surface area contributed by atoms with Gasteiger partial charge in [-0.3, -0.25) is 10.9 Å². The molecule has 0 saturated heterocycles. The van der Waals surface area contributed by atoms with Gasteiger partial charge in [0.25, 0.3) is 0 Å². The summed E-state index contributed by atoms with van der Waals surface area (Å²) in [6.07, 6.45) is 0. The summed E-state index contributed by atoms with van der Waals surface area (Å²) in [5.74, 6) is 9.08. The van der Waals surface area contributed by atoms with E-state index in [0.717, 1.165) is 0 Å². The molecule has 0 aliphatic carbocycles. The molecule has 0 radical (unpaired) electrons. The van der Waals surface area contributed by atoms with E-state index in [1.807, 2.05) is 0 Å². The van der Waals surface area contributed by atoms with Crippen LogP contribution in [0.4, 0.5) is 4.79 Å². The third kappa shape index (κ3) is 205. The summed E-state index contributed by atoms with van der Waals surface area (Å²) < 4.78 is 0. The number of nitrogens with two attached hydrogens (primary N) is 2. The average molecular weight is 320 g/mol. The number of hydrazine groups is 2. The van der Waals surface area contributed by atoms with E-state index in [-0.39, 0.29) is 51.0 Å². The molecule has 0 rings (SSSR count). The second kappa shape index (κ2) is 23.7. The van der Waals surface area contributed by atoms with Crippen molar-refractivity contribution in [2.75, 3.05) is 0 Å². The number of amides is 2. The van der Waals surface area contributed by atoms with E-state index in [4.69, 9.17) is 30.6 Å². The molecule has 0 aromatic rings. The third-order valence-electron chi connectivity index (χ3n) is 0.262. The smallest absolute Gasteiger partial charge is 0.412 e. The van der Waals surface area contributed by atoms with E-state index >= 15 is 0 Å². The predicted molar refractivity (Wildman–Crippen MR) is 50.1 cm³/mol. The van der Waals surface area contributed by atoms with Crippen LogP contribution >= 0.6 is 0 Å². The maximum absolute atomic E-state index is 9.71. The van der Waals surface area contributed by atoms with Crippen molar-refractivity contribution >= 4 is 51.5 Å². The molecule has 14 nitrogen and oxygen atoms in total. The Hall–Kier alpha value is -0.969. The number of nitrogens with zero attached hydrogens (tertiary/aromatic N) is 2. The van der Waals surface area contributed by atoms with Gasteiger partial charge >= 0.3 is 51.5 Å². The van der Waals surface area contributed by atoms with Crippen molar-refractivity contribution in [1.82, 2.24) is 10.9 Å². The number of carbonyl (C=O) groups excluding carboxylic acids is 1. The van der Waals surface area contributed by atoms with Gasteiger partial charge in [0.05, 0.1) is 10.2 Å². The van der Waals surface area contributed by atoms with Crippen LogP contribution in [-0.4, -0.2) is 67.2 Å². The standard InChI is InChI=1S/CH6N4O.2NO3.H2O.Sr/c2-4-1(6)5-3;2*2-1(3)4;;/h2-3H2,(H2,4,5,6);;;1H2;/q;2*-1;;+2. The summed E-state index contributed by atoms with van der Waals surface area (Å²) in [6, 6.07) is -0.602. The molecule has 0 atom stereocenters. The fraction of sp³-hybridized carbons (Fsp3) is 0. The first-order valence-corrected chi connectivity index (χ1v) is 2.38. The number of hydrogen-bond donors (Lipinski definition) is 4. The molecule has 0 unspecified atom stereocenters. The van der Waals surface area contributed by atoms with E-state index in [0.29, 0.717) is 0 Å².